The molecule has 5 heteroatoms. The van der Waals surface area contributed by atoms with Gasteiger partial charge in [-0.15, -0.1) is 11.3 Å². The number of benzene rings is 2. The van der Waals surface area contributed by atoms with E-state index in [1.165, 1.54) is 0 Å². The smallest absolute Gasteiger partial charge is 0.208 e. The van der Waals surface area contributed by atoms with Crippen molar-refractivity contribution in [2.75, 3.05) is 0 Å². The molecule has 0 aliphatic heterocycles. The first kappa shape index (κ1) is 12.1. The van der Waals surface area contributed by atoms with E-state index >= 15 is 0 Å². The molecule has 0 spiro atoms. The Labute approximate surface area is 122 Å². The number of phenols is 2. The van der Waals surface area contributed by atoms with Crippen molar-refractivity contribution in [3.63, 3.8) is 0 Å². The van der Waals surface area contributed by atoms with E-state index in [1.54, 1.807) is 35.7 Å². The van der Waals surface area contributed by atoms with Crippen LogP contribution in [0.25, 0.3) is 10.8 Å². The molecule has 0 radical (unpaired) electrons. The second-order valence-electron chi connectivity index (χ2n) is 4.81. The maximum Gasteiger partial charge on any atom is 0.208 e. The third kappa shape index (κ3) is 1.38. The quantitative estimate of drug-likeness (QED) is 0.489. The normalized spacial score (nSPS) is 13.3. The van der Waals surface area contributed by atoms with Gasteiger partial charge in [0.25, 0.3) is 0 Å². The topological polar surface area (TPSA) is 74.6 Å². The summed E-state index contributed by atoms with van der Waals surface area (Å²) in [5.41, 5.74) is 0.0655. The first-order valence-electron chi connectivity index (χ1n) is 6.24. The van der Waals surface area contributed by atoms with Crippen LogP contribution >= 0.6 is 11.3 Å². The molecule has 1 aliphatic rings. The molecule has 0 atom stereocenters. The molecule has 1 aliphatic carbocycles. The van der Waals surface area contributed by atoms with Gasteiger partial charge in [-0.3, -0.25) is 9.59 Å². The molecular formula is C16H8O4S. The maximum atomic E-state index is 12.5. The summed E-state index contributed by atoms with van der Waals surface area (Å²) in [7, 11) is 0. The van der Waals surface area contributed by atoms with Crippen LogP contribution in [0.1, 0.15) is 31.2 Å². The standard InChI is InChI=1S/C16H8O4S/c17-12-7-3-1-2-4-8(7)13(18)11-10(12)14(19)9-5-6-21-16(9)15(11)20/h1-6,17-18H. The third-order valence-electron chi connectivity index (χ3n) is 3.73. The minimum Gasteiger partial charge on any atom is -0.506 e. The highest BCUT2D eigenvalue weighted by atomic mass is 32.1. The molecular weight excluding hydrogens is 288 g/mol. The minimum atomic E-state index is -0.431. The first-order chi connectivity index (χ1) is 10.1. The van der Waals surface area contributed by atoms with Gasteiger partial charge in [-0.1, -0.05) is 24.3 Å². The molecule has 4 rings (SSSR count). The number of thiophene rings is 1. The summed E-state index contributed by atoms with van der Waals surface area (Å²) >= 11 is 1.16. The molecule has 2 N–H and O–H groups in total. The van der Waals surface area contributed by atoms with Gasteiger partial charge >= 0.3 is 0 Å². The molecule has 1 aromatic heterocycles. The van der Waals surface area contributed by atoms with Crippen molar-refractivity contribution < 1.29 is 19.8 Å². The lowest BCUT2D eigenvalue weighted by atomic mass is 9.85. The van der Waals surface area contributed by atoms with Gasteiger partial charge in [-0.2, -0.15) is 0 Å². The number of fused-ring (bicyclic) bond motifs is 3. The monoisotopic (exact) mass is 296 g/mol. The summed E-state index contributed by atoms with van der Waals surface area (Å²) in [5.74, 6) is -1.36. The zero-order valence-corrected chi connectivity index (χ0v) is 11.4. The number of aromatic hydroxyl groups is 2. The van der Waals surface area contributed by atoms with Crippen LogP contribution in [0.3, 0.4) is 0 Å². The molecule has 4 nitrogen and oxygen atoms in total. The van der Waals surface area contributed by atoms with Gasteiger partial charge in [0.2, 0.25) is 5.78 Å². The van der Waals surface area contributed by atoms with Crippen LogP contribution in [-0.4, -0.2) is 21.8 Å². The first-order valence-corrected chi connectivity index (χ1v) is 7.12. The van der Waals surface area contributed by atoms with Crippen LogP contribution in [0, 0.1) is 0 Å². The van der Waals surface area contributed by atoms with Gasteiger partial charge in [0.1, 0.15) is 11.5 Å². The van der Waals surface area contributed by atoms with Gasteiger partial charge in [0, 0.05) is 16.3 Å². The van der Waals surface area contributed by atoms with Crippen LogP contribution in [0.2, 0.25) is 0 Å². The molecule has 3 aromatic rings. The molecule has 0 bridgehead atoms. The summed E-state index contributed by atoms with van der Waals surface area (Å²) in [4.78, 5) is 25.3. The van der Waals surface area contributed by atoms with Crippen molar-refractivity contribution in [2.45, 2.75) is 0 Å². The summed E-state index contributed by atoms with van der Waals surface area (Å²) in [6.07, 6.45) is 0. The zero-order chi connectivity index (χ0) is 14.7. The van der Waals surface area contributed by atoms with Crippen molar-refractivity contribution in [3.05, 3.63) is 57.3 Å². The third-order valence-corrected chi connectivity index (χ3v) is 4.64. The Morgan fingerprint density at radius 3 is 2.00 bits per heavy atom. The summed E-state index contributed by atoms with van der Waals surface area (Å²) in [6.45, 7) is 0. The van der Waals surface area contributed by atoms with E-state index < -0.39 is 11.6 Å². The van der Waals surface area contributed by atoms with E-state index in [4.69, 9.17) is 0 Å². The number of hydrogen-bond donors (Lipinski definition) is 2. The van der Waals surface area contributed by atoms with E-state index in [-0.39, 0.29) is 28.2 Å². The Bertz CT molecular complexity index is 877. The Hall–Kier alpha value is -2.66. The number of carbonyl (C=O) groups excluding carboxylic acids is 2. The largest absolute Gasteiger partial charge is 0.506 e. The second kappa shape index (κ2) is 3.93. The fourth-order valence-electron chi connectivity index (χ4n) is 2.76. The molecule has 0 saturated carbocycles. The predicted octanol–water partition coefficient (Wildman–Crippen LogP) is 3.09. The van der Waals surface area contributed by atoms with Gasteiger partial charge in [-0.05, 0) is 11.4 Å². The molecule has 0 fully saturated rings. The summed E-state index contributed by atoms with van der Waals surface area (Å²) in [5, 5.41) is 23.1. The molecule has 0 amide bonds. The van der Waals surface area contributed by atoms with E-state index in [2.05, 4.69) is 0 Å². The number of ketones is 2. The second-order valence-corrected chi connectivity index (χ2v) is 5.73. The molecule has 21 heavy (non-hydrogen) atoms. The highest BCUT2D eigenvalue weighted by Crippen LogP contribution is 2.44. The van der Waals surface area contributed by atoms with Crippen LogP contribution in [0.15, 0.2) is 35.7 Å². The van der Waals surface area contributed by atoms with E-state index in [1.807, 2.05) is 0 Å². The molecule has 1 heterocycles. The fraction of sp³-hybridized carbons (Fsp3) is 0. The van der Waals surface area contributed by atoms with Gasteiger partial charge in [0.15, 0.2) is 5.78 Å². The van der Waals surface area contributed by atoms with Crippen LogP contribution < -0.4 is 0 Å². The lowest BCUT2D eigenvalue weighted by Crippen LogP contribution is -2.19. The predicted molar refractivity (Wildman–Crippen MR) is 78.5 cm³/mol. The summed E-state index contributed by atoms with van der Waals surface area (Å²) in [6, 6.07) is 8.16. The Kier molecular flexibility index (Phi) is 2.26. The average Bonchev–Trinajstić information content (AvgIpc) is 2.98. The SMILES string of the molecule is O=C1c2ccsc2C(=O)c2c1c(O)c1ccccc1c2O. The van der Waals surface area contributed by atoms with Crippen molar-refractivity contribution in [3.8, 4) is 11.5 Å². The molecule has 0 unspecified atom stereocenters. The lowest BCUT2D eigenvalue weighted by Gasteiger charge is -2.18. The molecule has 102 valence electrons. The zero-order valence-electron chi connectivity index (χ0n) is 10.6. The molecule has 0 saturated heterocycles. The van der Waals surface area contributed by atoms with Crippen molar-refractivity contribution in [1.82, 2.24) is 0 Å². The number of rotatable bonds is 0. The lowest BCUT2D eigenvalue weighted by molar-refractivity contribution is 0.0978. The van der Waals surface area contributed by atoms with Crippen LogP contribution in [0.4, 0.5) is 0 Å². The van der Waals surface area contributed by atoms with Gasteiger partial charge in [-0.25, -0.2) is 0 Å². The number of hydrogen-bond acceptors (Lipinski definition) is 5. The van der Waals surface area contributed by atoms with Gasteiger partial charge < -0.3 is 10.2 Å². The molecule has 2 aromatic carbocycles. The fourth-order valence-corrected chi connectivity index (χ4v) is 3.59. The van der Waals surface area contributed by atoms with Crippen LogP contribution in [-0.2, 0) is 0 Å². The Morgan fingerprint density at radius 2 is 1.38 bits per heavy atom. The maximum absolute atomic E-state index is 12.5. The van der Waals surface area contributed by atoms with E-state index in [0.717, 1.165) is 11.3 Å². The average molecular weight is 296 g/mol. The van der Waals surface area contributed by atoms with Crippen LogP contribution in [0.5, 0.6) is 11.5 Å². The number of phenolic OH excluding ortho intramolecular Hbond substituents is 2. The van der Waals surface area contributed by atoms with Crippen molar-refractivity contribution in [2.24, 2.45) is 0 Å². The Morgan fingerprint density at radius 1 is 0.810 bits per heavy atom. The highest BCUT2D eigenvalue weighted by Gasteiger charge is 2.36. The van der Waals surface area contributed by atoms with Crippen molar-refractivity contribution >= 4 is 33.7 Å². The van der Waals surface area contributed by atoms with E-state index in [9.17, 15) is 19.8 Å². The summed E-state index contributed by atoms with van der Waals surface area (Å²) < 4.78 is 0. The number of carbonyl (C=O) groups is 2. The van der Waals surface area contributed by atoms with Crippen molar-refractivity contribution in [1.29, 1.82) is 0 Å². The minimum absolute atomic E-state index is 0.105. The van der Waals surface area contributed by atoms with E-state index in [0.29, 0.717) is 15.6 Å². The van der Waals surface area contributed by atoms with Gasteiger partial charge in [0.05, 0.1) is 16.0 Å². The Balaban J connectivity index is 2.21. The highest BCUT2D eigenvalue weighted by molar-refractivity contribution is 7.12.